The average Bonchev–Trinajstić information content (AvgIpc) is 2.77. The van der Waals surface area contributed by atoms with Crippen LogP contribution in [0.3, 0.4) is 0 Å². The van der Waals surface area contributed by atoms with E-state index in [4.69, 9.17) is 0 Å². The van der Waals surface area contributed by atoms with Crippen molar-refractivity contribution in [1.29, 1.82) is 0 Å². The van der Waals surface area contributed by atoms with Crippen molar-refractivity contribution in [1.82, 2.24) is 4.98 Å². The Morgan fingerprint density at radius 3 is 1.89 bits per heavy atom. The van der Waals surface area contributed by atoms with Crippen LogP contribution in [0.4, 0.5) is 0 Å². The van der Waals surface area contributed by atoms with Gasteiger partial charge in [-0.2, -0.15) is 0 Å². The highest BCUT2D eigenvalue weighted by molar-refractivity contribution is 4.70. The molecule has 0 aliphatic rings. The second kappa shape index (κ2) is 12.5. The van der Waals surface area contributed by atoms with Crippen LogP contribution in [0.2, 0.25) is 0 Å². The van der Waals surface area contributed by atoms with E-state index in [0.29, 0.717) is 0 Å². The highest BCUT2D eigenvalue weighted by Gasteiger charge is 2.02. The van der Waals surface area contributed by atoms with Gasteiger partial charge in [-0.1, -0.05) is 58.3 Å². The molecule has 0 aromatic carbocycles. The lowest BCUT2D eigenvalue weighted by Gasteiger charge is -2.02. The molecule has 3 heteroatoms. The number of aromatic amines is 1. The maximum atomic E-state index is 3.22. The van der Waals surface area contributed by atoms with E-state index in [-0.39, 0.29) is 12.4 Å². The quantitative estimate of drug-likeness (QED) is 0.470. The van der Waals surface area contributed by atoms with Crippen molar-refractivity contribution >= 4 is 0 Å². The molecular formula is C16H31ClN2. The molecule has 0 amide bonds. The molecule has 0 unspecified atom stereocenters. The first-order valence-electron chi connectivity index (χ1n) is 7.88. The minimum atomic E-state index is 0. The number of rotatable bonds is 11. The number of hydrogen-bond acceptors (Lipinski definition) is 0. The highest BCUT2D eigenvalue weighted by atomic mass is 35.5. The monoisotopic (exact) mass is 286 g/mol. The van der Waals surface area contributed by atoms with Gasteiger partial charge in [-0.3, -0.25) is 0 Å². The zero-order valence-electron chi connectivity index (χ0n) is 12.8. The van der Waals surface area contributed by atoms with Crippen molar-refractivity contribution in [3.63, 3.8) is 0 Å². The first-order chi connectivity index (χ1) is 8.84. The zero-order chi connectivity index (χ0) is 13.1. The molecule has 0 atom stereocenters. The number of hydrogen-bond donors (Lipinski definition) is 1. The number of nitrogens with one attached hydrogen (secondary N) is 1. The predicted molar refractivity (Wildman–Crippen MR) is 77.6 cm³/mol. The van der Waals surface area contributed by atoms with E-state index in [1.54, 1.807) is 0 Å². The Morgan fingerprint density at radius 2 is 1.42 bits per heavy atom. The molecule has 0 spiro atoms. The third-order valence-corrected chi connectivity index (χ3v) is 3.73. The van der Waals surface area contributed by atoms with Gasteiger partial charge >= 0.3 is 0 Å². The summed E-state index contributed by atoms with van der Waals surface area (Å²) in [7, 11) is 0. The second-order valence-electron chi connectivity index (χ2n) is 5.42. The summed E-state index contributed by atoms with van der Waals surface area (Å²) in [5, 5.41) is 0. The molecule has 112 valence electrons. The molecule has 0 saturated heterocycles. The third-order valence-electron chi connectivity index (χ3n) is 3.73. The Kier molecular flexibility index (Phi) is 12.2. The van der Waals surface area contributed by atoms with Crippen LogP contribution in [0.1, 0.15) is 77.0 Å². The summed E-state index contributed by atoms with van der Waals surface area (Å²) in [4.78, 5) is 3.22. The van der Waals surface area contributed by atoms with Gasteiger partial charge in [0.25, 0.3) is 5.82 Å². The van der Waals surface area contributed by atoms with Gasteiger partial charge in [0, 0.05) is 6.92 Å². The maximum absolute atomic E-state index is 3.22. The normalized spacial score (nSPS) is 10.4. The van der Waals surface area contributed by atoms with E-state index in [9.17, 15) is 0 Å². The molecule has 0 fully saturated rings. The molecule has 1 rings (SSSR count). The van der Waals surface area contributed by atoms with Gasteiger partial charge < -0.3 is 12.4 Å². The fraction of sp³-hybridized carbons (Fsp3) is 0.812. The average molecular weight is 287 g/mol. The molecule has 1 aromatic heterocycles. The number of nitrogens with zero attached hydrogens (tertiary/aromatic N) is 1. The second-order valence-corrected chi connectivity index (χ2v) is 5.42. The van der Waals surface area contributed by atoms with Crippen LogP contribution >= 0.6 is 0 Å². The van der Waals surface area contributed by atoms with Crippen LogP contribution < -0.4 is 17.0 Å². The molecule has 19 heavy (non-hydrogen) atoms. The van der Waals surface area contributed by atoms with Gasteiger partial charge in [-0.05, 0) is 12.8 Å². The minimum absolute atomic E-state index is 0. The lowest BCUT2D eigenvalue weighted by atomic mass is 10.1. The molecule has 1 heterocycles. The van der Waals surface area contributed by atoms with Crippen molar-refractivity contribution in [3.05, 3.63) is 18.2 Å². The van der Waals surface area contributed by atoms with Crippen LogP contribution in [0, 0.1) is 6.92 Å². The largest absolute Gasteiger partial charge is 1.00 e. The Hall–Kier alpha value is -0.500. The van der Waals surface area contributed by atoms with E-state index in [2.05, 4.69) is 29.6 Å². The Morgan fingerprint density at radius 1 is 0.895 bits per heavy atom. The molecule has 0 saturated carbocycles. The molecule has 1 aromatic rings. The van der Waals surface area contributed by atoms with Gasteiger partial charge in [-0.25, -0.2) is 9.55 Å². The number of aryl methyl sites for hydroxylation is 2. The maximum Gasteiger partial charge on any atom is 0.251 e. The molecule has 0 radical (unpaired) electrons. The van der Waals surface area contributed by atoms with Crippen molar-refractivity contribution in [3.8, 4) is 0 Å². The Balaban J connectivity index is 0.00000324. The first kappa shape index (κ1) is 18.5. The van der Waals surface area contributed by atoms with Crippen LogP contribution in [0.15, 0.2) is 12.4 Å². The molecule has 0 bridgehead atoms. The Labute approximate surface area is 125 Å². The van der Waals surface area contributed by atoms with Crippen molar-refractivity contribution < 1.29 is 17.0 Å². The smallest absolute Gasteiger partial charge is 0.251 e. The van der Waals surface area contributed by atoms with E-state index in [1.165, 1.54) is 76.6 Å². The predicted octanol–water partition coefficient (Wildman–Crippen LogP) is 1.54. The molecule has 0 aliphatic carbocycles. The zero-order valence-corrected chi connectivity index (χ0v) is 13.5. The number of halogens is 1. The summed E-state index contributed by atoms with van der Waals surface area (Å²) in [6, 6.07) is 0. The van der Waals surface area contributed by atoms with Gasteiger partial charge in [0.1, 0.15) is 12.4 Å². The van der Waals surface area contributed by atoms with E-state index >= 15 is 0 Å². The molecule has 0 aliphatic heterocycles. The van der Waals surface area contributed by atoms with Crippen molar-refractivity contribution in [2.75, 3.05) is 0 Å². The van der Waals surface area contributed by atoms with Gasteiger partial charge in [0.15, 0.2) is 0 Å². The summed E-state index contributed by atoms with van der Waals surface area (Å²) in [5.41, 5.74) is 0. The summed E-state index contributed by atoms with van der Waals surface area (Å²) < 4.78 is 2.31. The van der Waals surface area contributed by atoms with Crippen LogP contribution in [-0.4, -0.2) is 4.98 Å². The van der Waals surface area contributed by atoms with Crippen LogP contribution in [0.25, 0.3) is 0 Å². The van der Waals surface area contributed by atoms with E-state index in [1.807, 2.05) is 6.20 Å². The summed E-state index contributed by atoms with van der Waals surface area (Å²) in [5.74, 6) is 1.27. The van der Waals surface area contributed by atoms with Crippen molar-refractivity contribution in [2.45, 2.75) is 84.6 Å². The van der Waals surface area contributed by atoms with Gasteiger partial charge in [-0.15, -0.1) is 0 Å². The number of imidazole rings is 1. The fourth-order valence-electron chi connectivity index (χ4n) is 2.45. The van der Waals surface area contributed by atoms with E-state index in [0.717, 1.165) is 0 Å². The standard InChI is InChI=1S/C16H30N2.ClH/c1-3-4-5-6-7-8-9-10-11-12-14-18-15-13-17-16(18)2;/h13,15H,3-12,14H2,1-2H3;1H. The summed E-state index contributed by atoms with van der Waals surface area (Å²) >= 11 is 0. The van der Waals surface area contributed by atoms with E-state index < -0.39 is 0 Å². The number of aromatic nitrogens is 2. The van der Waals surface area contributed by atoms with Gasteiger partial charge in [0.2, 0.25) is 0 Å². The molecule has 1 N–H and O–H groups in total. The fourth-order valence-corrected chi connectivity index (χ4v) is 2.45. The summed E-state index contributed by atoms with van der Waals surface area (Å²) in [6.07, 6.45) is 18.3. The topological polar surface area (TPSA) is 19.7 Å². The van der Waals surface area contributed by atoms with Gasteiger partial charge in [0.05, 0.1) is 6.54 Å². The Bertz CT molecular complexity index is 297. The third kappa shape index (κ3) is 9.10. The van der Waals surface area contributed by atoms with Crippen molar-refractivity contribution in [2.24, 2.45) is 0 Å². The van der Waals surface area contributed by atoms with Crippen LogP contribution in [0.5, 0.6) is 0 Å². The molecular weight excluding hydrogens is 256 g/mol. The lowest BCUT2D eigenvalue weighted by Crippen LogP contribution is -3.00. The van der Waals surface area contributed by atoms with Crippen LogP contribution in [-0.2, 0) is 6.54 Å². The first-order valence-corrected chi connectivity index (χ1v) is 7.88. The number of unbranched alkanes of at least 4 members (excludes halogenated alkanes) is 9. The lowest BCUT2D eigenvalue weighted by molar-refractivity contribution is -0.702. The molecule has 2 nitrogen and oxygen atoms in total. The minimum Gasteiger partial charge on any atom is -1.00 e. The highest BCUT2D eigenvalue weighted by Crippen LogP contribution is 2.10. The number of H-pyrrole nitrogens is 1. The summed E-state index contributed by atoms with van der Waals surface area (Å²) in [6.45, 7) is 5.59. The SMILES string of the molecule is CCCCCCCCCCCC[n+]1cc[nH]c1C.[Cl-].